The number of piperidine rings is 1. The molecule has 28 heavy (non-hydrogen) atoms. The minimum Gasteiger partial charge on any atom is -0.336 e. The molecule has 0 aliphatic carbocycles. The van der Waals surface area contributed by atoms with Gasteiger partial charge in [0.15, 0.2) is 0 Å². The van der Waals surface area contributed by atoms with Gasteiger partial charge in [0.05, 0.1) is 23.8 Å². The molecule has 7 heteroatoms. The fourth-order valence-electron chi connectivity index (χ4n) is 4.25. The lowest BCUT2D eigenvalue weighted by atomic mass is 9.97. The van der Waals surface area contributed by atoms with Crippen molar-refractivity contribution in [2.24, 2.45) is 0 Å². The van der Waals surface area contributed by atoms with Crippen LogP contribution >= 0.6 is 11.6 Å². The van der Waals surface area contributed by atoms with Crippen molar-refractivity contribution in [2.75, 3.05) is 44.6 Å². The van der Waals surface area contributed by atoms with E-state index in [2.05, 4.69) is 33.9 Å². The van der Waals surface area contributed by atoms with Crippen molar-refractivity contribution in [3.05, 3.63) is 29.3 Å². The van der Waals surface area contributed by atoms with Crippen LogP contribution in [0.1, 0.15) is 33.1 Å². The highest BCUT2D eigenvalue weighted by Gasteiger charge is 2.30. The van der Waals surface area contributed by atoms with Crippen molar-refractivity contribution in [2.45, 2.75) is 45.2 Å². The van der Waals surface area contributed by atoms with Crippen LogP contribution in [0.2, 0.25) is 5.02 Å². The molecule has 2 aliphatic heterocycles. The molecule has 2 aliphatic rings. The van der Waals surface area contributed by atoms with Crippen LogP contribution in [0.3, 0.4) is 0 Å². The first-order chi connectivity index (χ1) is 13.4. The van der Waals surface area contributed by atoms with Crippen LogP contribution in [-0.4, -0.2) is 77.9 Å². The molecule has 1 aromatic carbocycles. The first-order valence-electron chi connectivity index (χ1n) is 10.2. The predicted octanol–water partition coefficient (Wildman–Crippen LogP) is 2.69. The van der Waals surface area contributed by atoms with Crippen LogP contribution in [0, 0.1) is 0 Å². The topological polar surface area (TPSA) is 55.9 Å². The second-order valence-electron chi connectivity index (χ2n) is 8.01. The summed E-state index contributed by atoms with van der Waals surface area (Å²) in [4.78, 5) is 31.5. The number of halogens is 1. The second kappa shape index (κ2) is 9.72. The van der Waals surface area contributed by atoms with Crippen LogP contribution in [0.15, 0.2) is 24.3 Å². The summed E-state index contributed by atoms with van der Waals surface area (Å²) in [5, 5.41) is 3.41. The summed E-state index contributed by atoms with van der Waals surface area (Å²) in [7, 11) is 0. The van der Waals surface area contributed by atoms with Crippen molar-refractivity contribution in [3.8, 4) is 0 Å². The zero-order chi connectivity index (χ0) is 20.1. The lowest BCUT2D eigenvalue weighted by Crippen LogP contribution is -2.54. The number of para-hydroxylation sites is 1. The standard InChI is InChI=1S/C21H31ClN4O2/c1-16-6-5-7-17(2)26(16)21(28)15-25-12-10-24(11-13-25)14-20(27)23-19-9-4-3-8-18(19)22/h3-4,8-9,16-17H,5-7,10-15H2,1-2H3,(H,23,27)/t16-,17-/m0/s1. The SMILES string of the molecule is C[C@H]1CCC[C@H](C)N1C(=O)CN1CCN(CC(=O)Nc2ccccc2Cl)CC1. The van der Waals surface area contributed by atoms with E-state index in [4.69, 9.17) is 11.6 Å². The molecule has 2 amide bonds. The van der Waals surface area contributed by atoms with Gasteiger partial charge in [-0.2, -0.15) is 0 Å². The predicted molar refractivity (Wildman–Crippen MR) is 113 cm³/mol. The third kappa shape index (κ3) is 5.46. The molecule has 1 N–H and O–H groups in total. The van der Waals surface area contributed by atoms with Gasteiger partial charge in [-0.05, 0) is 45.2 Å². The van der Waals surface area contributed by atoms with E-state index in [1.165, 1.54) is 6.42 Å². The summed E-state index contributed by atoms with van der Waals surface area (Å²) in [5.41, 5.74) is 0.642. The number of hydrogen-bond acceptors (Lipinski definition) is 4. The lowest BCUT2D eigenvalue weighted by molar-refractivity contribution is -0.139. The van der Waals surface area contributed by atoms with Crippen molar-refractivity contribution < 1.29 is 9.59 Å². The summed E-state index contributed by atoms with van der Waals surface area (Å²) in [6, 6.07) is 7.92. The second-order valence-corrected chi connectivity index (χ2v) is 8.42. The zero-order valence-corrected chi connectivity index (χ0v) is 17.6. The normalized spacial score (nSPS) is 24.2. The molecule has 3 rings (SSSR count). The Bertz CT molecular complexity index is 681. The fraction of sp³-hybridized carbons (Fsp3) is 0.619. The van der Waals surface area contributed by atoms with E-state index >= 15 is 0 Å². The van der Waals surface area contributed by atoms with Crippen molar-refractivity contribution >= 4 is 29.1 Å². The zero-order valence-electron chi connectivity index (χ0n) is 16.9. The molecular formula is C21H31ClN4O2. The van der Waals surface area contributed by atoms with Gasteiger partial charge in [0.1, 0.15) is 0 Å². The maximum atomic E-state index is 12.8. The fourth-order valence-corrected chi connectivity index (χ4v) is 4.43. The van der Waals surface area contributed by atoms with Gasteiger partial charge in [-0.1, -0.05) is 23.7 Å². The Hall–Kier alpha value is -1.63. The molecule has 2 saturated heterocycles. The van der Waals surface area contributed by atoms with Crippen LogP contribution in [0.5, 0.6) is 0 Å². The van der Waals surface area contributed by atoms with E-state index in [-0.39, 0.29) is 11.8 Å². The molecule has 0 radical (unpaired) electrons. The number of likely N-dealkylation sites (tertiary alicyclic amines) is 1. The molecular weight excluding hydrogens is 376 g/mol. The monoisotopic (exact) mass is 406 g/mol. The molecule has 0 bridgehead atoms. The summed E-state index contributed by atoms with van der Waals surface area (Å²) >= 11 is 6.09. The molecule has 154 valence electrons. The Balaban J connectivity index is 1.42. The molecule has 6 nitrogen and oxygen atoms in total. The number of benzene rings is 1. The molecule has 0 saturated carbocycles. The lowest BCUT2D eigenvalue weighted by Gasteiger charge is -2.41. The maximum Gasteiger partial charge on any atom is 0.238 e. The maximum absolute atomic E-state index is 12.8. The number of hydrogen-bond donors (Lipinski definition) is 1. The first-order valence-corrected chi connectivity index (χ1v) is 10.6. The van der Waals surface area contributed by atoms with E-state index < -0.39 is 0 Å². The summed E-state index contributed by atoms with van der Waals surface area (Å²) < 4.78 is 0. The van der Waals surface area contributed by atoms with E-state index in [0.717, 1.165) is 39.0 Å². The molecule has 2 fully saturated rings. The first kappa shape index (κ1) is 21.1. The molecule has 1 aromatic rings. The van der Waals surface area contributed by atoms with Crippen molar-refractivity contribution in [1.29, 1.82) is 0 Å². The quantitative estimate of drug-likeness (QED) is 0.816. The van der Waals surface area contributed by atoms with Crippen LogP contribution in [0.25, 0.3) is 0 Å². The summed E-state index contributed by atoms with van der Waals surface area (Å²) in [6.07, 6.45) is 3.41. The Labute approximate surface area is 172 Å². The van der Waals surface area contributed by atoms with Crippen molar-refractivity contribution in [3.63, 3.8) is 0 Å². The molecule has 2 atom stereocenters. The van der Waals surface area contributed by atoms with Gasteiger partial charge in [-0.25, -0.2) is 0 Å². The number of nitrogens with one attached hydrogen (secondary N) is 1. The number of carbonyl (C=O) groups excluding carboxylic acids is 2. The van der Waals surface area contributed by atoms with E-state index in [0.29, 0.717) is 35.9 Å². The number of amides is 2. The van der Waals surface area contributed by atoms with Crippen LogP contribution in [-0.2, 0) is 9.59 Å². The Kier molecular flexibility index (Phi) is 7.32. The van der Waals surface area contributed by atoms with Gasteiger partial charge in [0.25, 0.3) is 0 Å². The van der Waals surface area contributed by atoms with Gasteiger partial charge in [0, 0.05) is 38.3 Å². The van der Waals surface area contributed by atoms with Gasteiger partial charge in [0.2, 0.25) is 11.8 Å². The van der Waals surface area contributed by atoms with Gasteiger partial charge in [-0.15, -0.1) is 0 Å². The van der Waals surface area contributed by atoms with Gasteiger partial charge < -0.3 is 10.2 Å². The van der Waals surface area contributed by atoms with Crippen LogP contribution in [0.4, 0.5) is 5.69 Å². The van der Waals surface area contributed by atoms with E-state index in [9.17, 15) is 9.59 Å². The van der Waals surface area contributed by atoms with E-state index in [1.54, 1.807) is 12.1 Å². The van der Waals surface area contributed by atoms with E-state index in [1.807, 2.05) is 12.1 Å². The van der Waals surface area contributed by atoms with Crippen molar-refractivity contribution in [1.82, 2.24) is 14.7 Å². The largest absolute Gasteiger partial charge is 0.336 e. The van der Waals surface area contributed by atoms with Gasteiger partial charge in [-0.3, -0.25) is 19.4 Å². The van der Waals surface area contributed by atoms with Gasteiger partial charge >= 0.3 is 0 Å². The minimum absolute atomic E-state index is 0.0615. The molecule has 0 aromatic heterocycles. The minimum atomic E-state index is -0.0615. The molecule has 0 spiro atoms. The number of piperazine rings is 1. The molecule has 2 heterocycles. The van der Waals surface area contributed by atoms with Crippen LogP contribution < -0.4 is 5.32 Å². The highest BCUT2D eigenvalue weighted by molar-refractivity contribution is 6.33. The average molecular weight is 407 g/mol. The third-order valence-electron chi connectivity index (χ3n) is 5.82. The average Bonchev–Trinajstić information content (AvgIpc) is 2.65. The third-order valence-corrected chi connectivity index (χ3v) is 6.15. The number of anilines is 1. The number of carbonyl (C=O) groups is 2. The number of nitrogens with zero attached hydrogens (tertiary/aromatic N) is 3. The number of rotatable bonds is 5. The molecule has 0 unspecified atom stereocenters. The Morgan fingerprint density at radius 1 is 1.00 bits per heavy atom. The highest BCUT2D eigenvalue weighted by Crippen LogP contribution is 2.23. The summed E-state index contributed by atoms with van der Waals surface area (Å²) in [5.74, 6) is 0.179. The highest BCUT2D eigenvalue weighted by atomic mass is 35.5. The smallest absolute Gasteiger partial charge is 0.238 e. The Morgan fingerprint density at radius 3 is 2.18 bits per heavy atom. The Morgan fingerprint density at radius 2 is 1.57 bits per heavy atom. The summed E-state index contributed by atoms with van der Waals surface area (Å²) in [6.45, 7) is 8.32.